The van der Waals surface area contributed by atoms with E-state index in [0.29, 0.717) is 18.0 Å². The van der Waals surface area contributed by atoms with E-state index in [4.69, 9.17) is 4.74 Å². The lowest BCUT2D eigenvalue weighted by atomic mass is 10.3. The van der Waals surface area contributed by atoms with Crippen LogP contribution >= 0.6 is 0 Å². The predicted molar refractivity (Wildman–Crippen MR) is 104 cm³/mol. The molecule has 9 heteroatoms. The summed E-state index contributed by atoms with van der Waals surface area (Å²) < 4.78 is 32.8. The summed E-state index contributed by atoms with van der Waals surface area (Å²) in [6.07, 6.45) is 7.08. The maximum Gasteiger partial charge on any atom is 0.240 e. The van der Waals surface area contributed by atoms with Crippen LogP contribution in [-0.4, -0.2) is 49.3 Å². The average Bonchev–Trinajstić information content (AvgIpc) is 3.09. The van der Waals surface area contributed by atoms with Gasteiger partial charge in [-0.1, -0.05) is 0 Å². The molecule has 0 bridgehead atoms. The van der Waals surface area contributed by atoms with Crippen molar-refractivity contribution >= 4 is 21.6 Å². The van der Waals surface area contributed by atoms with E-state index in [0.717, 1.165) is 23.5 Å². The van der Waals surface area contributed by atoms with E-state index in [1.54, 1.807) is 36.8 Å². The fourth-order valence-corrected chi connectivity index (χ4v) is 3.31. The molecule has 0 unspecified atom stereocenters. The van der Waals surface area contributed by atoms with Crippen LogP contribution < -0.4 is 14.4 Å². The number of nitrogens with zero attached hydrogens (tertiary/aromatic N) is 3. The fraction of sp³-hybridized carbons (Fsp3) is 0.444. The number of nitrogens with one attached hydrogen (secondary N) is 1. The number of imidazole rings is 1. The van der Waals surface area contributed by atoms with E-state index in [1.165, 1.54) is 0 Å². The van der Waals surface area contributed by atoms with Crippen LogP contribution in [0, 0.1) is 0 Å². The summed E-state index contributed by atoms with van der Waals surface area (Å²) in [5.41, 5.74) is 0.419. The van der Waals surface area contributed by atoms with E-state index >= 15 is 0 Å². The van der Waals surface area contributed by atoms with Gasteiger partial charge in [0.25, 0.3) is 0 Å². The van der Waals surface area contributed by atoms with Gasteiger partial charge in [-0.15, -0.1) is 0 Å². The Morgan fingerprint density at radius 2 is 2.00 bits per heavy atom. The van der Waals surface area contributed by atoms with E-state index in [9.17, 15) is 13.2 Å². The molecule has 2 rings (SSSR count). The number of anilines is 1. The zero-order chi connectivity index (χ0) is 19.9. The number of aromatic nitrogens is 2. The molecule has 0 fully saturated rings. The van der Waals surface area contributed by atoms with Gasteiger partial charge in [0, 0.05) is 25.5 Å². The Balaban J connectivity index is 1.92. The van der Waals surface area contributed by atoms with Gasteiger partial charge in [-0.3, -0.25) is 9.10 Å². The summed E-state index contributed by atoms with van der Waals surface area (Å²) in [7, 11) is -3.60. The van der Waals surface area contributed by atoms with Crippen molar-refractivity contribution in [1.29, 1.82) is 0 Å². The number of benzene rings is 1. The summed E-state index contributed by atoms with van der Waals surface area (Å²) in [4.78, 5) is 16.1. The first-order valence-corrected chi connectivity index (χ1v) is 10.6. The second-order valence-corrected chi connectivity index (χ2v) is 8.34. The summed E-state index contributed by atoms with van der Waals surface area (Å²) in [5, 5.41) is 2.75. The third-order valence-electron chi connectivity index (χ3n) is 3.66. The first-order chi connectivity index (χ1) is 12.8. The lowest BCUT2D eigenvalue weighted by molar-refractivity contribution is -0.119. The molecule has 0 aliphatic carbocycles. The van der Waals surface area contributed by atoms with Crippen molar-refractivity contribution in [2.75, 3.05) is 23.7 Å². The molecule has 1 amide bonds. The normalized spacial score (nSPS) is 11.4. The highest BCUT2D eigenvalue weighted by molar-refractivity contribution is 7.92. The maximum atomic E-state index is 12.2. The van der Waals surface area contributed by atoms with E-state index in [-0.39, 0.29) is 18.6 Å². The van der Waals surface area contributed by atoms with E-state index < -0.39 is 10.0 Å². The van der Waals surface area contributed by atoms with Gasteiger partial charge in [0.1, 0.15) is 12.3 Å². The molecule has 0 radical (unpaired) electrons. The standard InChI is InChI=1S/C18H26N4O4S/c1-15(2)26-17-7-5-16(6-8-17)22(27(3,24)25)13-18(23)20-9-4-11-21-12-10-19-14-21/h5-8,10,12,14-15H,4,9,11,13H2,1-3H3,(H,20,23). The number of amides is 1. The molecule has 1 aromatic heterocycles. The largest absolute Gasteiger partial charge is 0.491 e. The first-order valence-electron chi connectivity index (χ1n) is 8.72. The topological polar surface area (TPSA) is 93.5 Å². The van der Waals surface area contributed by atoms with Gasteiger partial charge < -0.3 is 14.6 Å². The summed E-state index contributed by atoms with van der Waals surface area (Å²) in [6, 6.07) is 6.64. The summed E-state index contributed by atoms with van der Waals surface area (Å²) in [6.45, 7) is 4.74. The molecule has 2 aromatic rings. The first kappa shape index (κ1) is 20.8. The van der Waals surface area contributed by atoms with Crippen LogP contribution in [0.3, 0.4) is 0 Å². The summed E-state index contributed by atoms with van der Waals surface area (Å²) in [5.74, 6) is 0.291. The minimum Gasteiger partial charge on any atom is -0.491 e. The second kappa shape index (κ2) is 9.40. The smallest absolute Gasteiger partial charge is 0.240 e. The van der Waals surface area contributed by atoms with Crippen molar-refractivity contribution in [1.82, 2.24) is 14.9 Å². The Hall–Kier alpha value is -2.55. The van der Waals surface area contributed by atoms with Crippen molar-refractivity contribution in [3.63, 3.8) is 0 Å². The van der Waals surface area contributed by atoms with Gasteiger partial charge in [0.2, 0.25) is 15.9 Å². The molecule has 27 heavy (non-hydrogen) atoms. The molecule has 8 nitrogen and oxygen atoms in total. The fourth-order valence-electron chi connectivity index (χ4n) is 2.46. The minimum absolute atomic E-state index is 0.0231. The number of carbonyl (C=O) groups is 1. The minimum atomic E-state index is -3.60. The molecule has 0 atom stereocenters. The molecule has 0 aliphatic heterocycles. The Labute approximate surface area is 160 Å². The van der Waals surface area contributed by atoms with Crippen molar-refractivity contribution in [3.8, 4) is 5.75 Å². The Morgan fingerprint density at radius 3 is 2.56 bits per heavy atom. The van der Waals surface area contributed by atoms with Crippen LogP contribution in [0.5, 0.6) is 5.75 Å². The molecular formula is C18H26N4O4S. The molecule has 0 saturated heterocycles. The zero-order valence-corrected chi connectivity index (χ0v) is 16.6. The summed E-state index contributed by atoms with van der Waals surface area (Å²) >= 11 is 0. The zero-order valence-electron chi connectivity index (χ0n) is 15.8. The van der Waals surface area contributed by atoms with Crippen LogP contribution in [0.2, 0.25) is 0 Å². The maximum absolute atomic E-state index is 12.2. The Morgan fingerprint density at radius 1 is 1.30 bits per heavy atom. The molecule has 148 valence electrons. The van der Waals surface area contributed by atoms with Gasteiger partial charge in [0.15, 0.2) is 0 Å². The number of aryl methyl sites for hydroxylation is 1. The number of sulfonamides is 1. The van der Waals surface area contributed by atoms with Gasteiger partial charge >= 0.3 is 0 Å². The molecular weight excluding hydrogens is 368 g/mol. The average molecular weight is 394 g/mol. The van der Waals surface area contributed by atoms with E-state index in [1.807, 2.05) is 24.6 Å². The third-order valence-corrected chi connectivity index (χ3v) is 4.80. The molecule has 1 heterocycles. The van der Waals surface area contributed by atoms with Crippen molar-refractivity contribution in [2.24, 2.45) is 0 Å². The number of rotatable bonds is 10. The Kier molecular flexibility index (Phi) is 7.23. The van der Waals surface area contributed by atoms with Gasteiger partial charge in [0.05, 0.1) is 24.4 Å². The number of hydrogen-bond acceptors (Lipinski definition) is 5. The molecule has 0 aliphatic rings. The highest BCUT2D eigenvalue weighted by Crippen LogP contribution is 2.22. The van der Waals surface area contributed by atoms with Gasteiger partial charge in [-0.2, -0.15) is 0 Å². The van der Waals surface area contributed by atoms with Crippen molar-refractivity contribution < 1.29 is 17.9 Å². The highest BCUT2D eigenvalue weighted by Gasteiger charge is 2.20. The molecule has 1 N–H and O–H groups in total. The Bertz CT molecular complexity index is 818. The second-order valence-electron chi connectivity index (χ2n) is 6.43. The lowest BCUT2D eigenvalue weighted by Crippen LogP contribution is -2.40. The number of hydrogen-bond donors (Lipinski definition) is 1. The van der Waals surface area contributed by atoms with Crippen molar-refractivity contribution in [2.45, 2.75) is 32.9 Å². The monoisotopic (exact) mass is 394 g/mol. The van der Waals surface area contributed by atoms with Crippen molar-refractivity contribution in [3.05, 3.63) is 43.0 Å². The lowest BCUT2D eigenvalue weighted by Gasteiger charge is -2.22. The third kappa shape index (κ3) is 6.93. The predicted octanol–water partition coefficient (Wildman–Crippen LogP) is 1.64. The van der Waals surface area contributed by atoms with Crippen LogP contribution in [-0.2, 0) is 21.4 Å². The highest BCUT2D eigenvalue weighted by atomic mass is 32.2. The SMILES string of the molecule is CC(C)Oc1ccc(N(CC(=O)NCCCn2ccnc2)S(C)(=O)=O)cc1. The van der Waals surface area contributed by atoms with Crippen LogP contribution in [0.4, 0.5) is 5.69 Å². The quantitative estimate of drug-likeness (QED) is 0.619. The number of carbonyl (C=O) groups excluding carboxylic acids is 1. The molecule has 0 spiro atoms. The molecule has 0 saturated carbocycles. The van der Waals surface area contributed by atoms with Gasteiger partial charge in [-0.05, 0) is 44.5 Å². The van der Waals surface area contributed by atoms with E-state index in [2.05, 4.69) is 10.3 Å². The molecule has 1 aromatic carbocycles. The van der Waals surface area contributed by atoms with Crippen LogP contribution in [0.1, 0.15) is 20.3 Å². The number of ether oxygens (including phenoxy) is 1. The van der Waals surface area contributed by atoms with Crippen LogP contribution in [0.25, 0.3) is 0 Å². The van der Waals surface area contributed by atoms with Gasteiger partial charge in [-0.25, -0.2) is 13.4 Å². The van der Waals surface area contributed by atoms with Crippen LogP contribution in [0.15, 0.2) is 43.0 Å².